The molecule has 1 amide bonds. The lowest BCUT2D eigenvalue weighted by Gasteiger charge is -2.02. The Morgan fingerprint density at radius 1 is 1.12 bits per heavy atom. The van der Waals surface area contributed by atoms with Crippen LogP contribution in [0.5, 0.6) is 0 Å². The predicted molar refractivity (Wildman–Crippen MR) is 71.6 cm³/mol. The monoisotopic (exact) mass is 315 g/mol. The van der Waals surface area contributed by atoms with Gasteiger partial charge in [-0.2, -0.15) is 0 Å². The maximum absolute atomic E-state index is 11.3. The van der Waals surface area contributed by atoms with Crippen LogP contribution in [0.1, 0.15) is 17.3 Å². The average Bonchev–Trinajstić information content (AvgIpc) is 2.15. The van der Waals surface area contributed by atoms with Crippen LogP contribution in [-0.2, 0) is 0 Å². The third kappa shape index (κ3) is 8.27. The van der Waals surface area contributed by atoms with Gasteiger partial charge in [0.2, 0.25) is 0 Å². The number of hydrogen-bond donors (Lipinski definition) is 1. The van der Waals surface area contributed by atoms with Crippen molar-refractivity contribution in [3.05, 3.63) is 33.8 Å². The molecule has 0 saturated heterocycles. The number of carbonyl (C=O) groups excluding carboxylic acids is 2. The SMILES string of the molecule is CCNC(=O)c1cc(Cl)cc(Cl)c1.O=C(Cl)Cl. The van der Waals surface area contributed by atoms with E-state index in [1.165, 1.54) is 0 Å². The summed E-state index contributed by atoms with van der Waals surface area (Å²) in [5.74, 6) is -0.160. The molecule has 0 aliphatic carbocycles. The fourth-order valence-corrected chi connectivity index (χ4v) is 1.47. The Morgan fingerprint density at radius 2 is 1.53 bits per heavy atom. The van der Waals surface area contributed by atoms with E-state index < -0.39 is 4.70 Å². The largest absolute Gasteiger partial charge is 0.352 e. The molecule has 0 aliphatic heterocycles. The number of hydrogen-bond acceptors (Lipinski definition) is 2. The van der Waals surface area contributed by atoms with E-state index in [9.17, 15) is 4.79 Å². The highest BCUT2D eigenvalue weighted by molar-refractivity contribution is 6.93. The van der Waals surface area contributed by atoms with Crippen LogP contribution in [0.4, 0.5) is 4.79 Å². The molecule has 1 rings (SSSR count). The molecule has 0 atom stereocenters. The Kier molecular flexibility index (Phi) is 8.35. The zero-order valence-electron chi connectivity index (χ0n) is 8.77. The van der Waals surface area contributed by atoms with Crippen molar-refractivity contribution < 1.29 is 9.59 Å². The third-order valence-electron chi connectivity index (χ3n) is 1.46. The fraction of sp³-hybridized carbons (Fsp3) is 0.200. The van der Waals surface area contributed by atoms with E-state index in [0.717, 1.165) is 0 Å². The predicted octanol–water partition coefficient (Wildman–Crippen LogP) is 4.33. The van der Waals surface area contributed by atoms with E-state index in [1.807, 2.05) is 6.92 Å². The molecule has 0 spiro atoms. The van der Waals surface area contributed by atoms with E-state index in [4.69, 9.17) is 28.0 Å². The van der Waals surface area contributed by atoms with Gasteiger partial charge in [0.25, 0.3) is 5.91 Å². The summed E-state index contributed by atoms with van der Waals surface area (Å²) in [4.78, 5) is 20.3. The second-order valence-corrected chi connectivity index (χ2v) is 4.50. The van der Waals surface area contributed by atoms with Crippen molar-refractivity contribution in [3.8, 4) is 0 Å². The maximum Gasteiger partial charge on any atom is 0.313 e. The van der Waals surface area contributed by atoms with Crippen molar-refractivity contribution in [1.29, 1.82) is 0 Å². The molecule has 0 saturated carbocycles. The molecule has 3 nitrogen and oxygen atoms in total. The Labute approximate surface area is 119 Å². The lowest BCUT2D eigenvalue weighted by molar-refractivity contribution is 0.0956. The first-order valence-electron chi connectivity index (χ1n) is 4.46. The highest BCUT2D eigenvalue weighted by Gasteiger charge is 2.05. The van der Waals surface area contributed by atoms with E-state index >= 15 is 0 Å². The summed E-state index contributed by atoms with van der Waals surface area (Å²) in [7, 11) is 0. The van der Waals surface area contributed by atoms with Gasteiger partial charge >= 0.3 is 4.70 Å². The van der Waals surface area contributed by atoms with E-state index in [0.29, 0.717) is 22.2 Å². The van der Waals surface area contributed by atoms with Crippen molar-refractivity contribution in [3.63, 3.8) is 0 Å². The molecule has 1 aromatic rings. The van der Waals surface area contributed by atoms with Crippen molar-refractivity contribution in [2.45, 2.75) is 6.92 Å². The van der Waals surface area contributed by atoms with Crippen LogP contribution < -0.4 is 5.32 Å². The molecule has 0 aromatic heterocycles. The van der Waals surface area contributed by atoms with Gasteiger partial charge < -0.3 is 5.32 Å². The van der Waals surface area contributed by atoms with Gasteiger partial charge in [0.05, 0.1) is 0 Å². The Morgan fingerprint density at radius 3 is 1.88 bits per heavy atom. The number of nitrogens with one attached hydrogen (secondary N) is 1. The minimum absolute atomic E-state index is 0.160. The summed E-state index contributed by atoms with van der Waals surface area (Å²) in [6.45, 7) is 2.44. The van der Waals surface area contributed by atoms with Crippen LogP contribution >= 0.6 is 46.4 Å². The highest BCUT2D eigenvalue weighted by Crippen LogP contribution is 2.18. The molecule has 17 heavy (non-hydrogen) atoms. The van der Waals surface area contributed by atoms with E-state index in [-0.39, 0.29) is 5.91 Å². The summed E-state index contributed by atoms with van der Waals surface area (Å²) in [6, 6.07) is 4.75. The zero-order chi connectivity index (χ0) is 13.4. The summed E-state index contributed by atoms with van der Waals surface area (Å²) in [5.41, 5.74) is 0.486. The highest BCUT2D eigenvalue weighted by atomic mass is 35.5. The molecule has 1 aromatic carbocycles. The van der Waals surface area contributed by atoms with Gasteiger partial charge in [0, 0.05) is 22.2 Å². The Bertz CT molecular complexity index is 385. The molecule has 0 aliphatic rings. The molecule has 0 unspecified atom stereocenters. The molecular formula is C10H9Cl4NO2. The standard InChI is InChI=1S/C9H9Cl2NO.CCl2O/c1-2-12-9(13)6-3-7(10)5-8(11)4-6;2-1(3)4/h3-5H,2H2,1H3,(H,12,13);. The first-order chi connectivity index (χ1) is 7.86. The van der Waals surface area contributed by atoms with E-state index in [1.54, 1.807) is 18.2 Å². The third-order valence-corrected chi connectivity index (χ3v) is 1.90. The zero-order valence-corrected chi connectivity index (χ0v) is 11.8. The van der Waals surface area contributed by atoms with Crippen molar-refractivity contribution in [1.82, 2.24) is 5.32 Å². The van der Waals surface area contributed by atoms with Gasteiger partial charge in [-0.15, -0.1) is 0 Å². The summed E-state index contributed by atoms with van der Waals surface area (Å²) < 4.78 is -0.889. The lowest BCUT2D eigenvalue weighted by atomic mass is 10.2. The topological polar surface area (TPSA) is 46.2 Å². The number of halogens is 4. The summed E-state index contributed by atoms with van der Waals surface area (Å²) in [6.07, 6.45) is 0. The molecule has 1 N–H and O–H groups in total. The first kappa shape index (κ1) is 16.5. The molecule has 0 bridgehead atoms. The number of benzene rings is 1. The second-order valence-electron chi connectivity index (χ2n) is 2.74. The smallest absolute Gasteiger partial charge is 0.313 e. The van der Waals surface area contributed by atoms with E-state index in [2.05, 4.69) is 28.5 Å². The van der Waals surface area contributed by atoms with Gasteiger partial charge in [-0.25, -0.2) is 0 Å². The van der Waals surface area contributed by atoms with Crippen molar-refractivity contribution in [2.24, 2.45) is 0 Å². The minimum atomic E-state index is -0.889. The summed E-state index contributed by atoms with van der Waals surface area (Å²) >= 11 is 20.3. The van der Waals surface area contributed by atoms with Crippen LogP contribution in [0.15, 0.2) is 18.2 Å². The Balaban J connectivity index is 0.000000557. The molecule has 0 fully saturated rings. The number of amides is 1. The molecular weight excluding hydrogens is 308 g/mol. The van der Waals surface area contributed by atoms with Crippen LogP contribution in [0.3, 0.4) is 0 Å². The summed E-state index contributed by atoms with van der Waals surface area (Å²) in [5, 5.41) is 3.59. The number of carbonyl (C=O) groups is 2. The molecule has 0 heterocycles. The van der Waals surface area contributed by atoms with Crippen LogP contribution in [0.25, 0.3) is 0 Å². The van der Waals surface area contributed by atoms with Crippen molar-refractivity contribution >= 4 is 57.0 Å². The van der Waals surface area contributed by atoms with Gasteiger partial charge in [-0.1, -0.05) is 23.2 Å². The quantitative estimate of drug-likeness (QED) is 0.825. The van der Waals surface area contributed by atoms with Crippen molar-refractivity contribution in [2.75, 3.05) is 6.54 Å². The Hall–Kier alpha value is -0.480. The van der Waals surface area contributed by atoms with Crippen LogP contribution in [0.2, 0.25) is 10.0 Å². The fourth-order valence-electron chi connectivity index (χ4n) is 0.948. The second kappa shape index (κ2) is 8.59. The number of rotatable bonds is 2. The molecule has 7 heteroatoms. The van der Waals surface area contributed by atoms with Gasteiger partial charge in [0.15, 0.2) is 0 Å². The van der Waals surface area contributed by atoms with Crippen LogP contribution in [0, 0.1) is 0 Å². The lowest BCUT2D eigenvalue weighted by Crippen LogP contribution is -2.22. The minimum Gasteiger partial charge on any atom is -0.352 e. The van der Waals surface area contributed by atoms with Gasteiger partial charge in [0.1, 0.15) is 0 Å². The molecule has 94 valence electrons. The average molecular weight is 317 g/mol. The normalized spacial score (nSPS) is 9.00. The van der Waals surface area contributed by atoms with Crippen LogP contribution in [-0.4, -0.2) is 17.2 Å². The van der Waals surface area contributed by atoms with Gasteiger partial charge in [-0.3, -0.25) is 9.59 Å². The maximum atomic E-state index is 11.3. The van der Waals surface area contributed by atoms with Gasteiger partial charge in [-0.05, 0) is 48.3 Å². The molecule has 0 radical (unpaired) electrons. The first-order valence-corrected chi connectivity index (χ1v) is 5.97.